The van der Waals surface area contributed by atoms with Crippen molar-refractivity contribution in [2.45, 2.75) is 39.2 Å². The Morgan fingerprint density at radius 2 is 1.87 bits per heavy atom. The highest BCUT2D eigenvalue weighted by atomic mass is 16.5. The molecule has 31 heavy (non-hydrogen) atoms. The zero-order chi connectivity index (χ0) is 21.4. The van der Waals surface area contributed by atoms with E-state index in [-0.39, 0.29) is 11.6 Å². The number of fused-ring (bicyclic) bond motifs is 1. The Morgan fingerprint density at radius 3 is 2.58 bits per heavy atom. The highest BCUT2D eigenvalue weighted by molar-refractivity contribution is 5.83. The summed E-state index contributed by atoms with van der Waals surface area (Å²) in [5, 5.41) is 4.99. The molecule has 5 rings (SSSR count). The van der Waals surface area contributed by atoms with Crippen molar-refractivity contribution in [3.05, 3.63) is 87.7 Å². The smallest absolute Gasteiger partial charge is 0.261 e. The average molecular weight is 415 g/mol. The van der Waals surface area contributed by atoms with Crippen LogP contribution in [0.4, 0.5) is 0 Å². The van der Waals surface area contributed by atoms with Crippen molar-refractivity contribution >= 4 is 10.9 Å². The van der Waals surface area contributed by atoms with Crippen LogP contribution in [0.3, 0.4) is 0 Å². The molecule has 0 radical (unpaired) electrons. The Morgan fingerprint density at radius 1 is 1.10 bits per heavy atom. The summed E-state index contributed by atoms with van der Waals surface area (Å²) in [6.07, 6.45) is 7.91. The first-order chi connectivity index (χ1) is 15.1. The lowest BCUT2D eigenvalue weighted by atomic mass is 9.94. The van der Waals surface area contributed by atoms with Gasteiger partial charge in [-0.1, -0.05) is 12.1 Å². The molecular weight excluding hydrogens is 388 g/mol. The van der Waals surface area contributed by atoms with Crippen molar-refractivity contribution in [2.75, 3.05) is 13.2 Å². The predicted molar refractivity (Wildman–Crippen MR) is 121 cm³/mol. The molecule has 0 atom stereocenters. The van der Waals surface area contributed by atoms with Gasteiger partial charge in [0.05, 0.1) is 22.9 Å². The Balaban J connectivity index is 1.51. The Labute approximate surface area is 181 Å². The van der Waals surface area contributed by atoms with E-state index in [4.69, 9.17) is 4.74 Å². The topological polar surface area (TPSA) is 61.9 Å². The van der Waals surface area contributed by atoms with Gasteiger partial charge in [0.15, 0.2) is 0 Å². The van der Waals surface area contributed by atoms with E-state index in [0.717, 1.165) is 36.0 Å². The van der Waals surface area contributed by atoms with Crippen LogP contribution in [0.15, 0.2) is 59.9 Å². The van der Waals surface area contributed by atoms with E-state index in [1.165, 1.54) is 16.7 Å². The Kier molecular flexibility index (Phi) is 5.16. The van der Waals surface area contributed by atoms with Gasteiger partial charge in [-0.3, -0.25) is 9.36 Å². The first-order valence-corrected chi connectivity index (χ1v) is 10.8. The van der Waals surface area contributed by atoms with Crippen LogP contribution in [0.25, 0.3) is 16.6 Å². The number of rotatable bonds is 4. The zero-order valence-corrected chi connectivity index (χ0v) is 17.9. The van der Waals surface area contributed by atoms with E-state index in [9.17, 15) is 4.79 Å². The van der Waals surface area contributed by atoms with Crippen molar-refractivity contribution in [3.63, 3.8) is 0 Å². The summed E-state index contributed by atoms with van der Waals surface area (Å²) in [6, 6.07) is 12.5. The quantitative estimate of drug-likeness (QED) is 0.504. The van der Waals surface area contributed by atoms with Gasteiger partial charge in [0.1, 0.15) is 0 Å². The van der Waals surface area contributed by atoms with Crippen molar-refractivity contribution in [2.24, 2.45) is 0 Å². The van der Waals surface area contributed by atoms with Gasteiger partial charge in [-0.2, -0.15) is 5.10 Å². The molecule has 6 heteroatoms. The molecule has 0 aliphatic carbocycles. The van der Waals surface area contributed by atoms with Crippen LogP contribution in [-0.2, 0) is 11.2 Å². The van der Waals surface area contributed by atoms with Crippen molar-refractivity contribution in [1.29, 1.82) is 0 Å². The summed E-state index contributed by atoms with van der Waals surface area (Å²) in [7, 11) is 0. The first-order valence-electron chi connectivity index (χ1n) is 10.8. The lowest BCUT2D eigenvalue weighted by Gasteiger charge is -2.24. The molecule has 6 nitrogen and oxygen atoms in total. The van der Waals surface area contributed by atoms with Crippen LogP contribution in [0, 0.1) is 13.8 Å². The van der Waals surface area contributed by atoms with Crippen molar-refractivity contribution < 1.29 is 4.74 Å². The highest BCUT2D eigenvalue weighted by Gasteiger charge is 2.19. The predicted octanol–water partition coefficient (Wildman–Crippen LogP) is 4.14. The van der Waals surface area contributed by atoms with Gasteiger partial charge in [0.25, 0.3) is 5.56 Å². The SMILES string of the molecule is Cc1c(Cc2ccc(-n3cccn3)cc2)cc2c(=O)n(C3CCOCC3)cnc2c1C. The van der Waals surface area contributed by atoms with Crippen LogP contribution < -0.4 is 5.56 Å². The van der Waals surface area contributed by atoms with Gasteiger partial charge in [-0.05, 0) is 79.6 Å². The van der Waals surface area contributed by atoms with Crippen LogP contribution >= 0.6 is 0 Å². The maximum atomic E-state index is 13.3. The number of hydrogen-bond donors (Lipinski definition) is 0. The molecule has 4 aromatic rings. The van der Waals surface area contributed by atoms with Crippen LogP contribution in [-0.4, -0.2) is 32.5 Å². The highest BCUT2D eigenvalue weighted by Crippen LogP contribution is 2.26. The summed E-state index contributed by atoms with van der Waals surface area (Å²) in [4.78, 5) is 18.0. The molecule has 0 amide bonds. The lowest BCUT2D eigenvalue weighted by Crippen LogP contribution is -2.29. The number of aryl methyl sites for hydroxylation is 1. The monoisotopic (exact) mass is 414 g/mol. The third kappa shape index (κ3) is 3.68. The Hall–Kier alpha value is -3.25. The summed E-state index contributed by atoms with van der Waals surface area (Å²) >= 11 is 0. The molecule has 1 aliphatic rings. The number of aromatic nitrogens is 4. The fourth-order valence-electron chi connectivity index (χ4n) is 4.43. The van der Waals surface area contributed by atoms with Gasteiger partial charge in [0.2, 0.25) is 0 Å². The molecule has 0 N–H and O–H groups in total. The van der Waals surface area contributed by atoms with E-state index in [2.05, 4.69) is 48.2 Å². The molecule has 0 unspecified atom stereocenters. The minimum atomic E-state index is 0.0512. The second kappa shape index (κ2) is 8.12. The van der Waals surface area contributed by atoms with E-state index in [1.807, 2.05) is 27.6 Å². The first kappa shape index (κ1) is 19.7. The minimum Gasteiger partial charge on any atom is -0.381 e. The van der Waals surface area contributed by atoms with Gasteiger partial charge in [-0.25, -0.2) is 9.67 Å². The molecule has 1 saturated heterocycles. The van der Waals surface area contributed by atoms with Crippen LogP contribution in [0.5, 0.6) is 0 Å². The maximum Gasteiger partial charge on any atom is 0.261 e. The molecule has 0 saturated carbocycles. The van der Waals surface area contributed by atoms with Gasteiger partial charge < -0.3 is 4.74 Å². The van der Waals surface area contributed by atoms with E-state index in [1.54, 1.807) is 12.5 Å². The van der Waals surface area contributed by atoms with E-state index >= 15 is 0 Å². The molecular formula is C25H26N4O2. The normalized spacial score (nSPS) is 14.9. The minimum absolute atomic E-state index is 0.0512. The maximum absolute atomic E-state index is 13.3. The number of hydrogen-bond acceptors (Lipinski definition) is 4. The molecule has 158 valence electrons. The number of ether oxygens (including phenoxy) is 1. The van der Waals surface area contributed by atoms with Gasteiger partial charge in [-0.15, -0.1) is 0 Å². The van der Waals surface area contributed by atoms with Gasteiger partial charge in [0, 0.05) is 31.6 Å². The third-order valence-corrected chi connectivity index (χ3v) is 6.43. The van der Waals surface area contributed by atoms with E-state index < -0.39 is 0 Å². The zero-order valence-electron chi connectivity index (χ0n) is 17.9. The van der Waals surface area contributed by atoms with Crippen LogP contribution in [0.1, 0.15) is 41.1 Å². The summed E-state index contributed by atoms with van der Waals surface area (Å²) in [5.41, 5.74) is 6.53. The molecule has 2 aromatic heterocycles. The summed E-state index contributed by atoms with van der Waals surface area (Å²) in [5.74, 6) is 0. The molecule has 2 aromatic carbocycles. The summed E-state index contributed by atoms with van der Waals surface area (Å²) < 4.78 is 9.11. The molecule has 0 spiro atoms. The lowest BCUT2D eigenvalue weighted by molar-refractivity contribution is 0.0685. The third-order valence-electron chi connectivity index (χ3n) is 6.43. The second-order valence-electron chi connectivity index (χ2n) is 8.28. The second-order valence-corrected chi connectivity index (χ2v) is 8.28. The number of nitrogens with zero attached hydrogens (tertiary/aromatic N) is 4. The number of benzene rings is 2. The van der Waals surface area contributed by atoms with Crippen molar-refractivity contribution in [1.82, 2.24) is 19.3 Å². The molecule has 0 bridgehead atoms. The largest absolute Gasteiger partial charge is 0.381 e. The van der Waals surface area contributed by atoms with E-state index in [0.29, 0.717) is 18.6 Å². The molecule has 3 heterocycles. The fraction of sp³-hybridized carbons (Fsp3) is 0.320. The molecule has 1 aliphatic heterocycles. The summed E-state index contributed by atoms with van der Waals surface area (Å²) in [6.45, 7) is 5.57. The fourth-order valence-corrected chi connectivity index (χ4v) is 4.43. The standard InChI is InChI=1S/C25H26N4O2/c1-17-18(2)24-23(25(30)28(16-26-24)21-8-12-31-13-9-21)15-20(17)14-19-4-6-22(7-5-19)29-11-3-10-27-29/h3-7,10-11,15-16,21H,8-9,12-14H2,1-2H3. The van der Waals surface area contributed by atoms with Crippen molar-refractivity contribution in [3.8, 4) is 5.69 Å². The average Bonchev–Trinajstić information content (AvgIpc) is 3.34. The van der Waals surface area contributed by atoms with Crippen LogP contribution in [0.2, 0.25) is 0 Å². The Bertz CT molecular complexity index is 1270. The molecule has 1 fully saturated rings. The van der Waals surface area contributed by atoms with Gasteiger partial charge >= 0.3 is 0 Å².